The van der Waals surface area contributed by atoms with E-state index in [1.54, 1.807) is 0 Å². The van der Waals surface area contributed by atoms with E-state index >= 15 is 0 Å². The second kappa shape index (κ2) is 7.44. The van der Waals surface area contributed by atoms with Crippen molar-refractivity contribution in [2.45, 2.75) is 33.1 Å². The molecule has 1 N–H and O–H groups in total. The molecule has 0 atom stereocenters. The number of benzene rings is 1. The van der Waals surface area contributed by atoms with Crippen LogP contribution in [0.5, 0.6) is 0 Å². The highest BCUT2D eigenvalue weighted by atomic mass is 15.3. The minimum absolute atomic E-state index is 0.691. The van der Waals surface area contributed by atoms with Gasteiger partial charge in [0.1, 0.15) is 5.82 Å². The Labute approximate surface area is 139 Å². The third-order valence-electron chi connectivity index (χ3n) is 4.20. The van der Waals surface area contributed by atoms with Gasteiger partial charge in [-0.1, -0.05) is 44.2 Å². The van der Waals surface area contributed by atoms with Gasteiger partial charge in [-0.3, -0.25) is 0 Å². The molecule has 1 aromatic carbocycles. The number of hydrogen-bond donors (Lipinski definition) is 1. The van der Waals surface area contributed by atoms with Crippen LogP contribution in [0, 0.1) is 5.92 Å². The van der Waals surface area contributed by atoms with E-state index in [0.29, 0.717) is 5.92 Å². The van der Waals surface area contributed by atoms with Crippen molar-refractivity contribution in [2.75, 3.05) is 29.9 Å². The maximum Gasteiger partial charge on any atom is 0.227 e. The maximum atomic E-state index is 4.80. The second-order valence-corrected chi connectivity index (χ2v) is 6.61. The van der Waals surface area contributed by atoms with E-state index in [1.807, 2.05) is 6.07 Å². The highest BCUT2D eigenvalue weighted by molar-refractivity contribution is 5.64. The van der Waals surface area contributed by atoms with E-state index in [4.69, 9.17) is 9.97 Å². The normalized spacial score (nSPS) is 14.5. The van der Waals surface area contributed by atoms with Crippen LogP contribution >= 0.6 is 0 Å². The first-order chi connectivity index (χ1) is 11.2. The molecule has 1 aliphatic rings. The lowest BCUT2D eigenvalue weighted by Crippen LogP contribution is -2.21. The number of anilines is 2. The molecule has 0 bridgehead atoms. The van der Waals surface area contributed by atoms with E-state index in [0.717, 1.165) is 49.1 Å². The first-order valence-electron chi connectivity index (χ1n) is 8.66. The average Bonchev–Trinajstić information content (AvgIpc) is 3.10. The molecule has 0 radical (unpaired) electrons. The summed E-state index contributed by atoms with van der Waals surface area (Å²) in [5.74, 6) is 2.48. The summed E-state index contributed by atoms with van der Waals surface area (Å²) in [6, 6.07) is 12.4. The van der Waals surface area contributed by atoms with Crippen molar-refractivity contribution >= 4 is 11.8 Å². The molecule has 4 heteroatoms. The van der Waals surface area contributed by atoms with Gasteiger partial charge in [0.15, 0.2) is 0 Å². The summed E-state index contributed by atoms with van der Waals surface area (Å²) in [6.45, 7) is 7.55. The zero-order valence-corrected chi connectivity index (χ0v) is 14.1. The van der Waals surface area contributed by atoms with Crippen molar-refractivity contribution in [3.05, 3.63) is 36.4 Å². The molecule has 0 spiro atoms. The molecule has 1 saturated heterocycles. The summed E-state index contributed by atoms with van der Waals surface area (Å²) in [5, 5.41) is 3.47. The monoisotopic (exact) mass is 310 g/mol. The van der Waals surface area contributed by atoms with Gasteiger partial charge in [-0.25, -0.2) is 4.98 Å². The van der Waals surface area contributed by atoms with Gasteiger partial charge in [-0.05, 0) is 25.2 Å². The quantitative estimate of drug-likeness (QED) is 0.868. The molecule has 4 nitrogen and oxygen atoms in total. The second-order valence-electron chi connectivity index (χ2n) is 6.61. The van der Waals surface area contributed by atoms with Crippen molar-refractivity contribution < 1.29 is 0 Å². The van der Waals surface area contributed by atoms with Gasteiger partial charge in [0, 0.05) is 31.3 Å². The first-order valence-corrected chi connectivity index (χ1v) is 8.66. The number of nitrogens with one attached hydrogen (secondary N) is 1. The molecular weight excluding hydrogens is 284 g/mol. The highest BCUT2D eigenvalue weighted by Crippen LogP contribution is 2.24. The predicted octanol–water partition coefficient (Wildman–Crippen LogP) is 4.20. The summed E-state index contributed by atoms with van der Waals surface area (Å²) in [7, 11) is 0. The Morgan fingerprint density at radius 1 is 1.09 bits per heavy atom. The van der Waals surface area contributed by atoms with E-state index in [9.17, 15) is 0 Å². The average molecular weight is 310 g/mol. The molecule has 122 valence electrons. The zero-order chi connectivity index (χ0) is 16.1. The van der Waals surface area contributed by atoms with E-state index in [1.165, 1.54) is 12.8 Å². The molecule has 1 aromatic heterocycles. The van der Waals surface area contributed by atoms with Crippen molar-refractivity contribution in [3.8, 4) is 11.3 Å². The fraction of sp³-hybridized carbons (Fsp3) is 0.474. The summed E-state index contributed by atoms with van der Waals surface area (Å²) in [5.41, 5.74) is 2.14. The van der Waals surface area contributed by atoms with Gasteiger partial charge < -0.3 is 10.2 Å². The number of rotatable bonds is 6. The van der Waals surface area contributed by atoms with Gasteiger partial charge >= 0.3 is 0 Å². The first kappa shape index (κ1) is 15.8. The summed E-state index contributed by atoms with van der Waals surface area (Å²) in [4.78, 5) is 11.8. The number of hydrogen-bond acceptors (Lipinski definition) is 4. The minimum atomic E-state index is 0.691. The minimum Gasteiger partial charge on any atom is -0.370 e. The molecule has 1 aliphatic heterocycles. The molecule has 2 heterocycles. The van der Waals surface area contributed by atoms with Crippen LogP contribution in [0.25, 0.3) is 11.3 Å². The molecule has 23 heavy (non-hydrogen) atoms. The molecule has 0 aliphatic carbocycles. The third kappa shape index (κ3) is 4.21. The predicted molar refractivity (Wildman–Crippen MR) is 96.9 cm³/mol. The van der Waals surface area contributed by atoms with Gasteiger partial charge in [0.05, 0.1) is 5.69 Å². The van der Waals surface area contributed by atoms with Crippen LogP contribution in [0.2, 0.25) is 0 Å². The molecular formula is C19H26N4. The molecule has 0 unspecified atom stereocenters. The Balaban J connectivity index is 1.87. The molecule has 0 amide bonds. The lowest BCUT2D eigenvalue weighted by Gasteiger charge is -2.18. The van der Waals surface area contributed by atoms with Crippen LogP contribution in [-0.2, 0) is 0 Å². The molecule has 3 rings (SSSR count). The third-order valence-corrected chi connectivity index (χ3v) is 4.20. The van der Waals surface area contributed by atoms with Gasteiger partial charge in [-0.15, -0.1) is 0 Å². The largest absolute Gasteiger partial charge is 0.370 e. The zero-order valence-electron chi connectivity index (χ0n) is 14.1. The van der Waals surface area contributed by atoms with Crippen LogP contribution in [0.4, 0.5) is 11.8 Å². The fourth-order valence-corrected chi connectivity index (χ4v) is 2.83. The summed E-state index contributed by atoms with van der Waals surface area (Å²) < 4.78 is 0. The van der Waals surface area contributed by atoms with Crippen molar-refractivity contribution in [3.63, 3.8) is 0 Å². The van der Waals surface area contributed by atoms with Crippen LogP contribution in [0.1, 0.15) is 33.1 Å². The van der Waals surface area contributed by atoms with Gasteiger partial charge in [0.2, 0.25) is 5.95 Å². The van der Waals surface area contributed by atoms with Crippen LogP contribution in [0.3, 0.4) is 0 Å². The van der Waals surface area contributed by atoms with E-state index in [-0.39, 0.29) is 0 Å². The Hall–Kier alpha value is -2.10. The SMILES string of the molecule is CC(C)CCNc1cc(-c2ccccc2)nc(N2CCCC2)n1. The fourth-order valence-electron chi connectivity index (χ4n) is 2.83. The highest BCUT2D eigenvalue weighted by Gasteiger charge is 2.17. The van der Waals surface area contributed by atoms with Gasteiger partial charge in [0.25, 0.3) is 0 Å². The Kier molecular flexibility index (Phi) is 5.11. The van der Waals surface area contributed by atoms with Crippen LogP contribution < -0.4 is 10.2 Å². The van der Waals surface area contributed by atoms with Gasteiger partial charge in [-0.2, -0.15) is 4.98 Å². The smallest absolute Gasteiger partial charge is 0.227 e. The Morgan fingerprint density at radius 3 is 2.52 bits per heavy atom. The van der Waals surface area contributed by atoms with Crippen molar-refractivity contribution in [1.29, 1.82) is 0 Å². The number of aromatic nitrogens is 2. The summed E-state index contributed by atoms with van der Waals surface area (Å²) in [6.07, 6.45) is 3.60. The maximum absolute atomic E-state index is 4.80. The standard InChI is InChI=1S/C19H26N4/c1-15(2)10-11-20-18-14-17(16-8-4-3-5-9-16)21-19(22-18)23-12-6-7-13-23/h3-5,8-9,14-15H,6-7,10-13H2,1-2H3,(H,20,21,22). The lowest BCUT2D eigenvalue weighted by molar-refractivity contribution is 0.606. The lowest BCUT2D eigenvalue weighted by atomic mass is 10.1. The van der Waals surface area contributed by atoms with Crippen LogP contribution in [-0.4, -0.2) is 29.6 Å². The molecule has 0 saturated carbocycles. The van der Waals surface area contributed by atoms with Crippen molar-refractivity contribution in [2.24, 2.45) is 5.92 Å². The van der Waals surface area contributed by atoms with Crippen LogP contribution in [0.15, 0.2) is 36.4 Å². The van der Waals surface area contributed by atoms with Crippen molar-refractivity contribution in [1.82, 2.24) is 9.97 Å². The Bertz CT molecular complexity index is 619. The summed E-state index contributed by atoms with van der Waals surface area (Å²) >= 11 is 0. The Morgan fingerprint density at radius 2 is 1.83 bits per heavy atom. The van der Waals surface area contributed by atoms with E-state index in [2.05, 4.69) is 54.4 Å². The molecule has 2 aromatic rings. The van der Waals surface area contributed by atoms with E-state index < -0.39 is 0 Å². The number of nitrogens with zero attached hydrogens (tertiary/aromatic N) is 3. The topological polar surface area (TPSA) is 41.1 Å². The molecule has 1 fully saturated rings.